The molecule has 0 bridgehead atoms. The lowest BCUT2D eigenvalue weighted by Crippen LogP contribution is -2.27. The van der Waals surface area contributed by atoms with Crippen LogP contribution >= 0.6 is 0 Å². The van der Waals surface area contributed by atoms with Gasteiger partial charge in [0.15, 0.2) is 0 Å². The number of anilines is 1. The van der Waals surface area contributed by atoms with Gasteiger partial charge in [0.25, 0.3) is 5.91 Å². The molecule has 3 N–H and O–H groups in total. The van der Waals surface area contributed by atoms with E-state index < -0.39 is 0 Å². The molecule has 0 aromatic carbocycles. The molecule has 0 radical (unpaired) electrons. The van der Waals surface area contributed by atoms with Crippen molar-refractivity contribution in [3.8, 4) is 0 Å². The highest BCUT2D eigenvalue weighted by molar-refractivity contribution is 5.93. The lowest BCUT2D eigenvalue weighted by molar-refractivity contribution is 0.0686. The molecule has 6 heteroatoms. The molecule has 1 rings (SSSR count). The molecule has 1 aromatic heterocycles. The van der Waals surface area contributed by atoms with Gasteiger partial charge in [-0.15, -0.1) is 0 Å². The molecular formula is C15H27N3O3. The van der Waals surface area contributed by atoms with E-state index in [-0.39, 0.29) is 5.91 Å². The van der Waals surface area contributed by atoms with Crippen LogP contribution in [0.5, 0.6) is 0 Å². The van der Waals surface area contributed by atoms with Gasteiger partial charge in [0.05, 0.1) is 18.9 Å². The fourth-order valence-corrected chi connectivity index (χ4v) is 2.02. The fourth-order valence-electron chi connectivity index (χ4n) is 2.02. The van der Waals surface area contributed by atoms with Gasteiger partial charge in [-0.25, -0.2) is 0 Å². The molecule has 0 unspecified atom stereocenters. The number of amides is 1. The van der Waals surface area contributed by atoms with Crippen LogP contribution in [-0.2, 0) is 16.0 Å². The molecule has 0 fully saturated rings. The lowest BCUT2D eigenvalue weighted by atomic mass is 10.3. The number of rotatable bonds is 11. The quantitative estimate of drug-likeness (QED) is 0.609. The summed E-state index contributed by atoms with van der Waals surface area (Å²) in [5.41, 5.74) is 7.01. The van der Waals surface area contributed by atoms with Gasteiger partial charge in [0.2, 0.25) is 0 Å². The number of carbonyl (C=O) groups is 1. The Labute approximate surface area is 126 Å². The van der Waals surface area contributed by atoms with E-state index in [0.717, 1.165) is 25.8 Å². The predicted octanol–water partition coefficient (Wildman–Crippen LogP) is 1.65. The van der Waals surface area contributed by atoms with Crippen LogP contribution in [0.3, 0.4) is 0 Å². The molecule has 0 spiro atoms. The summed E-state index contributed by atoms with van der Waals surface area (Å²) in [7, 11) is 1.65. The second kappa shape index (κ2) is 10.2. The first kappa shape index (κ1) is 17.5. The average Bonchev–Trinajstić information content (AvgIpc) is 2.83. The maximum Gasteiger partial charge on any atom is 0.267 e. The molecule has 21 heavy (non-hydrogen) atoms. The van der Waals surface area contributed by atoms with Crippen LogP contribution in [-0.4, -0.2) is 43.9 Å². The second-order valence-electron chi connectivity index (χ2n) is 4.92. The molecule has 0 aliphatic carbocycles. The Kier molecular flexibility index (Phi) is 8.54. The van der Waals surface area contributed by atoms with Crippen molar-refractivity contribution in [1.29, 1.82) is 0 Å². The van der Waals surface area contributed by atoms with Crippen molar-refractivity contribution in [2.45, 2.75) is 32.7 Å². The van der Waals surface area contributed by atoms with Gasteiger partial charge in [-0.3, -0.25) is 4.79 Å². The lowest BCUT2D eigenvalue weighted by Gasteiger charge is -2.08. The largest absolute Gasteiger partial charge is 0.397 e. The molecule has 0 aliphatic heterocycles. The SMILES string of the molecule is CCCn1cc(N)cc1C(=O)NCCCCOCCOC. The molecule has 0 saturated heterocycles. The standard InChI is InChI=1S/C15H27N3O3/c1-3-7-18-12-13(16)11-14(18)15(19)17-6-4-5-8-21-10-9-20-2/h11-12H,3-10,16H2,1-2H3,(H,17,19). The zero-order valence-electron chi connectivity index (χ0n) is 13.1. The Morgan fingerprint density at radius 2 is 2.14 bits per heavy atom. The van der Waals surface area contributed by atoms with Gasteiger partial charge < -0.3 is 25.1 Å². The summed E-state index contributed by atoms with van der Waals surface area (Å²) in [6.07, 6.45) is 4.58. The summed E-state index contributed by atoms with van der Waals surface area (Å²) < 4.78 is 12.2. The van der Waals surface area contributed by atoms with E-state index in [0.29, 0.717) is 37.7 Å². The molecule has 1 heterocycles. The van der Waals surface area contributed by atoms with Crippen molar-refractivity contribution in [2.75, 3.05) is 39.2 Å². The average molecular weight is 297 g/mol. The zero-order chi connectivity index (χ0) is 15.5. The molecule has 1 amide bonds. The first-order chi connectivity index (χ1) is 10.2. The smallest absolute Gasteiger partial charge is 0.267 e. The third kappa shape index (κ3) is 6.64. The number of nitrogens with two attached hydrogens (primary N) is 1. The number of unbranched alkanes of at least 4 members (excludes halogenated alkanes) is 1. The van der Waals surface area contributed by atoms with E-state index in [1.54, 1.807) is 13.2 Å². The predicted molar refractivity (Wildman–Crippen MR) is 83.4 cm³/mol. The number of nitrogens with zero attached hydrogens (tertiary/aromatic N) is 1. The van der Waals surface area contributed by atoms with Crippen LogP contribution in [0.2, 0.25) is 0 Å². The van der Waals surface area contributed by atoms with E-state index in [4.69, 9.17) is 15.2 Å². The number of aromatic nitrogens is 1. The van der Waals surface area contributed by atoms with E-state index >= 15 is 0 Å². The second-order valence-corrected chi connectivity index (χ2v) is 4.92. The summed E-state index contributed by atoms with van der Waals surface area (Å²) in [6, 6.07) is 1.72. The third-order valence-corrected chi connectivity index (χ3v) is 3.05. The zero-order valence-corrected chi connectivity index (χ0v) is 13.1. The highest BCUT2D eigenvalue weighted by atomic mass is 16.5. The number of hydrogen-bond acceptors (Lipinski definition) is 4. The van der Waals surface area contributed by atoms with E-state index in [9.17, 15) is 4.79 Å². The Morgan fingerprint density at radius 3 is 2.86 bits per heavy atom. The number of hydrogen-bond donors (Lipinski definition) is 2. The molecule has 0 atom stereocenters. The van der Waals surface area contributed by atoms with Gasteiger partial charge in [-0.1, -0.05) is 6.92 Å². The minimum Gasteiger partial charge on any atom is -0.397 e. The monoisotopic (exact) mass is 297 g/mol. The van der Waals surface area contributed by atoms with Gasteiger partial charge in [0.1, 0.15) is 5.69 Å². The summed E-state index contributed by atoms with van der Waals surface area (Å²) in [4.78, 5) is 12.1. The number of nitrogen functional groups attached to an aromatic ring is 1. The topological polar surface area (TPSA) is 78.5 Å². The van der Waals surface area contributed by atoms with Crippen molar-refractivity contribution >= 4 is 11.6 Å². The molecule has 6 nitrogen and oxygen atoms in total. The highest BCUT2D eigenvalue weighted by Gasteiger charge is 2.11. The highest BCUT2D eigenvalue weighted by Crippen LogP contribution is 2.11. The van der Waals surface area contributed by atoms with Crippen LogP contribution in [0, 0.1) is 0 Å². The summed E-state index contributed by atoms with van der Waals surface area (Å²) >= 11 is 0. The molecular weight excluding hydrogens is 270 g/mol. The van der Waals surface area contributed by atoms with E-state index in [1.807, 2.05) is 10.8 Å². The van der Waals surface area contributed by atoms with Crippen LogP contribution in [0.15, 0.2) is 12.3 Å². The van der Waals surface area contributed by atoms with Gasteiger partial charge >= 0.3 is 0 Å². The molecule has 1 aromatic rings. The van der Waals surface area contributed by atoms with Crippen LogP contribution in [0.4, 0.5) is 5.69 Å². The molecule has 0 aliphatic rings. The fraction of sp³-hybridized carbons (Fsp3) is 0.667. The van der Waals surface area contributed by atoms with Gasteiger partial charge in [0, 0.05) is 33.0 Å². The Bertz CT molecular complexity index is 418. The maximum atomic E-state index is 12.1. The Hall–Kier alpha value is -1.53. The Morgan fingerprint density at radius 1 is 1.33 bits per heavy atom. The summed E-state index contributed by atoms with van der Waals surface area (Å²) in [5, 5.41) is 2.92. The van der Waals surface area contributed by atoms with Crippen molar-refractivity contribution in [3.05, 3.63) is 18.0 Å². The number of ether oxygens (including phenoxy) is 2. The first-order valence-electron chi connectivity index (χ1n) is 7.49. The van der Waals surface area contributed by atoms with Crippen LogP contribution < -0.4 is 11.1 Å². The summed E-state index contributed by atoms with van der Waals surface area (Å²) in [6.45, 7) is 5.44. The normalized spacial score (nSPS) is 10.8. The molecule has 0 saturated carbocycles. The van der Waals surface area contributed by atoms with Crippen molar-refractivity contribution in [3.63, 3.8) is 0 Å². The van der Waals surface area contributed by atoms with Crippen LogP contribution in [0.25, 0.3) is 0 Å². The number of methoxy groups -OCH3 is 1. The van der Waals surface area contributed by atoms with Crippen molar-refractivity contribution in [1.82, 2.24) is 9.88 Å². The molecule has 120 valence electrons. The minimum absolute atomic E-state index is 0.0690. The van der Waals surface area contributed by atoms with Crippen molar-refractivity contribution < 1.29 is 14.3 Å². The first-order valence-corrected chi connectivity index (χ1v) is 7.49. The number of aryl methyl sites for hydroxylation is 1. The van der Waals surface area contributed by atoms with E-state index in [2.05, 4.69) is 12.2 Å². The minimum atomic E-state index is -0.0690. The maximum absolute atomic E-state index is 12.1. The van der Waals surface area contributed by atoms with Crippen LogP contribution in [0.1, 0.15) is 36.7 Å². The van der Waals surface area contributed by atoms with Crippen molar-refractivity contribution in [2.24, 2.45) is 0 Å². The number of nitrogens with one attached hydrogen (secondary N) is 1. The Balaban J connectivity index is 2.22. The number of carbonyl (C=O) groups excluding carboxylic acids is 1. The van der Waals surface area contributed by atoms with E-state index in [1.165, 1.54) is 0 Å². The summed E-state index contributed by atoms with van der Waals surface area (Å²) in [5.74, 6) is -0.0690. The van der Waals surface area contributed by atoms with Gasteiger partial charge in [-0.2, -0.15) is 0 Å². The third-order valence-electron chi connectivity index (χ3n) is 3.05. The van der Waals surface area contributed by atoms with Gasteiger partial charge in [-0.05, 0) is 25.3 Å².